The number of nitrogens with two attached hydrogens (primary N) is 1. The van der Waals surface area contributed by atoms with Crippen molar-refractivity contribution in [2.24, 2.45) is 11.7 Å². The molecule has 5 nitrogen and oxygen atoms in total. The number of nitrogens with zero attached hydrogens (tertiary/aromatic N) is 1. The number of amides is 1. The number of carbonyl (C=O) groups is 2. The van der Waals surface area contributed by atoms with Crippen LogP contribution in [0.2, 0.25) is 0 Å². The fourth-order valence-electron chi connectivity index (χ4n) is 3.17. The molecular formula is C17H33ClN2O3. The van der Waals surface area contributed by atoms with Gasteiger partial charge in [-0.15, -0.1) is 12.4 Å². The summed E-state index contributed by atoms with van der Waals surface area (Å²) >= 11 is 0. The first-order valence-corrected chi connectivity index (χ1v) is 8.62. The van der Waals surface area contributed by atoms with Crippen LogP contribution >= 0.6 is 12.4 Å². The van der Waals surface area contributed by atoms with E-state index in [1.165, 1.54) is 39.2 Å². The van der Waals surface area contributed by atoms with Crippen molar-refractivity contribution in [3.63, 3.8) is 0 Å². The molecule has 0 unspecified atom stereocenters. The molecule has 0 aromatic rings. The van der Waals surface area contributed by atoms with Crippen LogP contribution in [0.5, 0.6) is 0 Å². The van der Waals surface area contributed by atoms with Gasteiger partial charge in [0.1, 0.15) is 0 Å². The summed E-state index contributed by atoms with van der Waals surface area (Å²) in [6.45, 7) is 0.707. The van der Waals surface area contributed by atoms with Gasteiger partial charge in [0, 0.05) is 20.0 Å². The Kier molecular flexibility index (Phi) is 12.1. The van der Waals surface area contributed by atoms with Crippen LogP contribution in [0.15, 0.2) is 0 Å². The first-order valence-electron chi connectivity index (χ1n) is 8.62. The third kappa shape index (κ3) is 9.16. The normalized spacial score (nSPS) is 16.3. The van der Waals surface area contributed by atoms with Crippen LogP contribution in [0.3, 0.4) is 0 Å². The summed E-state index contributed by atoms with van der Waals surface area (Å²) in [6.07, 6.45) is 10.2. The van der Waals surface area contributed by atoms with E-state index in [4.69, 9.17) is 5.73 Å². The molecule has 23 heavy (non-hydrogen) atoms. The Balaban J connectivity index is 0.00000484. The molecule has 0 aromatic heterocycles. The molecule has 0 spiro atoms. The van der Waals surface area contributed by atoms with Crippen LogP contribution < -0.4 is 5.73 Å². The van der Waals surface area contributed by atoms with E-state index >= 15 is 0 Å². The number of ether oxygens (including phenoxy) is 1. The highest BCUT2D eigenvalue weighted by Gasteiger charge is 2.23. The Hall–Kier alpha value is -0.810. The van der Waals surface area contributed by atoms with E-state index < -0.39 is 0 Å². The highest BCUT2D eigenvalue weighted by Crippen LogP contribution is 2.27. The predicted octanol–water partition coefficient (Wildman–Crippen LogP) is 2.90. The SMILES string of the molecule is COC(=O)CCCCCN(C)C(=O)[C@@H](N)CC1CCCCC1.Cl. The minimum atomic E-state index is -0.358. The molecule has 1 atom stereocenters. The van der Waals surface area contributed by atoms with Gasteiger partial charge in [0.2, 0.25) is 5.91 Å². The van der Waals surface area contributed by atoms with Crippen molar-refractivity contribution in [1.82, 2.24) is 4.90 Å². The van der Waals surface area contributed by atoms with Crippen molar-refractivity contribution in [3.05, 3.63) is 0 Å². The number of likely N-dealkylation sites (N-methyl/N-ethyl adjacent to an activating group) is 1. The number of unbranched alkanes of at least 4 members (excludes halogenated alkanes) is 2. The average Bonchev–Trinajstić information content (AvgIpc) is 2.54. The van der Waals surface area contributed by atoms with Gasteiger partial charge in [-0.3, -0.25) is 9.59 Å². The summed E-state index contributed by atoms with van der Waals surface area (Å²) in [5, 5.41) is 0. The molecule has 1 rings (SSSR count). The van der Waals surface area contributed by atoms with Gasteiger partial charge in [-0.05, 0) is 25.2 Å². The van der Waals surface area contributed by atoms with E-state index in [-0.39, 0.29) is 30.3 Å². The van der Waals surface area contributed by atoms with E-state index in [0.29, 0.717) is 18.9 Å². The largest absolute Gasteiger partial charge is 0.469 e. The maximum Gasteiger partial charge on any atom is 0.305 e. The lowest BCUT2D eigenvalue weighted by Crippen LogP contribution is -2.43. The molecule has 1 saturated carbocycles. The van der Waals surface area contributed by atoms with Crippen LogP contribution in [0.4, 0.5) is 0 Å². The lowest BCUT2D eigenvalue weighted by Gasteiger charge is -2.26. The lowest BCUT2D eigenvalue weighted by molar-refractivity contribution is -0.140. The van der Waals surface area contributed by atoms with Crippen LogP contribution in [0, 0.1) is 5.92 Å². The molecule has 1 aliphatic carbocycles. The van der Waals surface area contributed by atoms with E-state index in [2.05, 4.69) is 4.74 Å². The van der Waals surface area contributed by atoms with E-state index in [1.807, 2.05) is 7.05 Å². The summed E-state index contributed by atoms with van der Waals surface area (Å²) in [4.78, 5) is 25.0. The molecule has 0 heterocycles. The number of halogens is 1. The quantitative estimate of drug-likeness (QED) is 0.513. The zero-order valence-electron chi connectivity index (χ0n) is 14.6. The van der Waals surface area contributed by atoms with Crippen molar-refractivity contribution >= 4 is 24.3 Å². The van der Waals surface area contributed by atoms with Crippen molar-refractivity contribution in [2.45, 2.75) is 70.3 Å². The second-order valence-corrected chi connectivity index (χ2v) is 6.49. The zero-order chi connectivity index (χ0) is 16.4. The molecule has 0 bridgehead atoms. The Morgan fingerprint density at radius 3 is 2.43 bits per heavy atom. The zero-order valence-corrected chi connectivity index (χ0v) is 15.4. The van der Waals surface area contributed by atoms with E-state index in [0.717, 1.165) is 25.7 Å². The summed E-state index contributed by atoms with van der Waals surface area (Å²) < 4.78 is 4.60. The molecule has 0 aliphatic heterocycles. The van der Waals surface area contributed by atoms with Crippen molar-refractivity contribution in [3.8, 4) is 0 Å². The monoisotopic (exact) mass is 348 g/mol. The summed E-state index contributed by atoms with van der Waals surface area (Å²) in [7, 11) is 3.23. The molecule has 1 aliphatic rings. The predicted molar refractivity (Wildman–Crippen MR) is 94.5 cm³/mol. The standard InChI is InChI=1S/C17H32N2O3.ClH/c1-19(12-8-4-7-11-16(20)22-2)17(21)15(18)13-14-9-5-3-6-10-14;/h14-15H,3-13,18H2,1-2H3;1H/t15-;/m0./s1. The lowest BCUT2D eigenvalue weighted by atomic mass is 9.85. The number of carbonyl (C=O) groups excluding carboxylic acids is 2. The summed E-state index contributed by atoms with van der Waals surface area (Å²) in [5.41, 5.74) is 6.08. The second kappa shape index (κ2) is 12.6. The summed E-state index contributed by atoms with van der Waals surface area (Å²) in [6, 6.07) is -0.358. The van der Waals surface area contributed by atoms with Gasteiger partial charge in [0.05, 0.1) is 13.2 Å². The van der Waals surface area contributed by atoms with Gasteiger partial charge in [-0.1, -0.05) is 38.5 Å². The maximum atomic E-state index is 12.3. The van der Waals surface area contributed by atoms with E-state index in [1.54, 1.807) is 4.90 Å². The second-order valence-electron chi connectivity index (χ2n) is 6.49. The van der Waals surface area contributed by atoms with Gasteiger partial charge >= 0.3 is 5.97 Å². The molecular weight excluding hydrogens is 316 g/mol. The third-order valence-electron chi connectivity index (χ3n) is 4.61. The van der Waals surface area contributed by atoms with Crippen molar-refractivity contribution < 1.29 is 14.3 Å². The average molecular weight is 349 g/mol. The molecule has 2 N–H and O–H groups in total. The molecule has 0 radical (unpaired) electrons. The first-order chi connectivity index (χ1) is 10.5. The van der Waals surface area contributed by atoms with Gasteiger partial charge in [-0.2, -0.15) is 0 Å². The van der Waals surface area contributed by atoms with Gasteiger partial charge in [0.25, 0.3) is 0 Å². The Bertz CT molecular complexity index is 347. The first kappa shape index (κ1) is 22.2. The Morgan fingerprint density at radius 1 is 1.17 bits per heavy atom. The third-order valence-corrected chi connectivity index (χ3v) is 4.61. The molecule has 1 fully saturated rings. The number of hydrogen-bond donors (Lipinski definition) is 1. The molecule has 136 valence electrons. The van der Waals surface area contributed by atoms with Gasteiger partial charge < -0.3 is 15.4 Å². The fourth-order valence-corrected chi connectivity index (χ4v) is 3.17. The molecule has 0 saturated heterocycles. The minimum Gasteiger partial charge on any atom is -0.469 e. The molecule has 6 heteroatoms. The van der Waals surface area contributed by atoms with Crippen molar-refractivity contribution in [1.29, 1.82) is 0 Å². The van der Waals surface area contributed by atoms with Crippen LogP contribution in [0.25, 0.3) is 0 Å². The number of rotatable bonds is 9. The Morgan fingerprint density at radius 2 is 1.83 bits per heavy atom. The van der Waals surface area contributed by atoms with E-state index in [9.17, 15) is 9.59 Å². The van der Waals surface area contributed by atoms with Crippen LogP contribution in [-0.2, 0) is 14.3 Å². The number of hydrogen-bond acceptors (Lipinski definition) is 4. The smallest absolute Gasteiger partial charge is 0.305 e. The molecule has 0 aromatic carbocycles. The topological polar surface area (TPSA) is 72.6 Å². The highest BCUT2D eigenvalue weighted by atomic mass is 35.5. The van der Waals surface area contributed by atoms with Crippen molar-refractivity contribution in [2.75, 3.05) is 20.7 Å². The minimum absolute atomic E-state index is 0. The van der Waals surface area contributed by atoms with Gasteiger partial charge in [-0.25, -0.2) is 0 Å². The van der Waals surface area contributed by atoms with Gasteiger partial charge in [0.15, 0.2) is 0 Å². The van der Waals surface area contributed by atoms with Crippen LogP contribution in [-0.4, -0.2) is 43.5 Å². The van der Waals surface area contributed by atoms with Crippen LogP contribution in [0.1, 0.15) is 64.2 Å². The Labute approximate surface area is 146 Å². The summed E-state index contributed by atoms with van der Waals surface area (Å²) in [5.74, 6) is 0.513. The highest BCUT2D eigenvalue weighted by molar-refractivity contribution is 5.85. The number of methoxy groups -OCH3 is 1. The molecule has 1 amide bonds. The fraction of sp³-hybridized carbons (Fsp3) is 0.882. The maximum absolute atomic E-state index is 12.3. The number of esters is 1.